The Kier molecular flexibility index (Phi) is 7.65. The molecule has 2 aromatic rings. The summed E-state index contributed by atoms with van der Waals surface area (Å²) in [6.45, 7) is 2.04. The highest BCUT2D eigenvalue weighted by Crippen LogP contribution is 2.22. The molecule has 1 amide bonds. The number of sulfonamides is 1. The molecule has 0 aliphatic rings. The highest BCUT2D eigenvalue weighted by molar-refractivity contribution is 7.92. The van der Waals surface area contributed by atoms with Crippen molar-refractivity contribution in [3.8, 4) is 11.5 Å². The molecule has 0 unspecified atom stereocenters. The molecule has 0 bridgehead atoms. The van der Waals surface area contributed by atoms with Gasteiger partial charge in [0.1, 0.15) is 11.5 Å². The van der Waals surface area contributed by atoms with Crippen molar-refractivity contribution in [2.24, 2.45) is 0 Å². The molecule has 2 rings (SSSR count). The van der Waals surface area contributed by atoms with Gasteiger partial charge >= 0.3 is 0 Å². The highest BCUT2D eigenvalue weighted by atomic mass is 32.2. The first-order chi connectivity index (χ1) is 13.3. The van der Waals surface area contributed by atoms with Crippen LogP contribution in [0.25, 0.3) is 0 Å². The Labute approximate surface area is 164 Å². The SMILES string of the molecule is COC[C@@H](C)NC(=O)COc1ccc(S(=O)(=O)Nc2cccc(OC)c2)cc1. The van der Waals surface area contributed by atoms with Crippen LogP contribution in [0.15, 0.2) is 53.4 Å². The lowest BCUT2D eigenvalue weighted by Crippen LogP contribution is -2.38. The number of ether oxygens (including phenoxy) is 3. The number of carbonyl (C=O) groups excluding carboxylic acids is 1. The minimum atomic E-state index is -3.76. The molecule has 8 nitrogen and oxygen atoms in total. The van der Waals surface area contributed by atoms with Crippen LogP contribution in [-0.2, 0) is 19.6 Å². The predicted molar refractivity (Wildman–Crippen MR) is 105 cm³/mol. The normalized spacial score (nSPS) is 12.1. The lowest BCUT2D eigenvalue weighted by molar-refractivity contribution is -0.124. The molecule has 28 heavy (non-hydrogen) atoms. The van der Waals surface area contributed by atoms with Crippen LogP contribution < -0.4 is 19.5 Å². The van der Waals surface area contributed by atoms with Crippen molar-refractivity contribution in [3.05, 3.63) is 48.5 Å². The van der Waals surface area contributed by atoms with Gasteiger partial charge in [0.2, 0.25) is 0 Å². The van der Waals surface area contributed by atoms with Gasteiger partial charge in [0.15, 0.2) is 6.61 Å². The summed E-state index contributed by atoms with van der Waals surface area (Å²) >= 11 is 0. The second kappa shape index (κ2) is 9.95. The summed E-state index contributed by atoms with van der Waals surface area (Å²) in [6.07, 6.45) is 0. The molecule has 152 valence electrons. The molecule has 0 saturated carbocycles. The zero-order chi connectivity index (χ0) is 20.6. The van der Waals surface area contributed by atoms with E-state index >= 15 is 0 Å². The molecule has 1 atom stereocenters. The molecule has 2 N–H and O–H groups in total. The molecular weight excluding hydrogens is 384 g/mol. The summed E-state index contributed by atoms with van der Waals surface area (Å²) in [5.74, 6) is 0.637. The van der Waals surface area contributed by atoms with Gasteiger partial charge in [-0.1, -0.05) is 6.07 Å². The van der Waals surface area contributed by atoms with Gasteiger partial charge in [0, 0.05) is 19.2 Å². The van der Waals surface area contributed by atoms with Crippen molar-refractivity contribution in [2.45, 2.75) is 17.9 Å². The quantitative estimate of drug-likeness (QED) is 0.624. The summed E-state index contributed by atoms with van der Waals surface area (Å²) in [7, 11) is -0.705. The molecule has 9 heteroatoms. The largest absolute Gasteiger partial charge is 0.497 e. The third kappa shape index (κ3) is 6.43. The van der Waals surface area contributed by atoms with Crippen LogP contribution in [-0.4, -0.2) is 47.8 Å². The van der Waals surface area contributed by atoms with Crippen LogP contribution in [0, 0.1) is 0 Å². The third-order valence-corrected chi connectivity index (χ3v) is 5.05. The maximum absolute atomic E-state index is 12.5. The number of benzene rings is 2. The number of hydrogen-bond acceptors (Lipinski definition) is 6. The molecular formula is C19H24N2O6S. The van der Waals surface area contributed by atoms with Crippen LogP contribution in [0.3, 0.4) is 0 Å². The fourth-order valence-electron chi connectivity index (χ4n) is 2.37. The molecule has 0 aliphatic carbocycles. The maximum atomic E-state index is 12.5. The van der Waals surface area contributed by atoms with E-state index in [-0.39, 0.29) is 23.5 Å². The zero-order valence-electron chi connectivity index (χ0n) is 16.0. The molecule has 0 radical (unpaired) electrons. The summed E-state index contributed by atoms with van der Waals surface area (Å²) < 4.78 is 42.9. The van der Waals surface area contributed by atoms with Gasteiger partial charge in [-0.05, 0) is 43.3 Å². The average molecular weight is 408 g/mol. The van der Waals surface area contributed by atoms with Crippen molar-refractivity contribution in [2.75, 3.05) is 32.2 Å². The van der Waals surface area contributed by atoms with E-state index in [1.807, 2.05) is 6.92 Å². The highest BCUT2D eigenvalue weighted by Gasteiger charge is 2.15. The van der Waals surface area contributed by atoms with Crippen LogP contribution >= 0.6 is 0 Å². The first-order valence-corrected chi connectivity index (χ1v) is 10.0. The Bertz CT molecular complexity index is 884. The van der Waals surface area contributed by atoms with E-state index in [2.05, 4.69) is 10.0 Å². The van der Waals surface area contributed by atoms with Crippen molar-refractivity contribution >= 4 is 21.6 Å². The predicted octanol–water partition coefficient (Wildman–Crippen LogP) is 2.03. The van der Waals surface area contributed by atoms with Gasteiger partial charge in [-0.15, -0.1) is 0 Å². The van der Waals surface area contributed by atoms with Crippen LogP contribution in [0.5, 0.6) is 11.5 Å². The summed E-state index contributed by atoms with van der Waals surface area (Å²) in [6, 6.07) is 12.3. The standard InChI is InChI=1S/C19H24N2O6S/c1-14(12-25-2)20-19(22)13-27-16-7-9-18(10-8-16)28(23,24)21-15-5-4-6-17(11-15)26-3/h4-11,14,21H,12-13H2,1-3H3,(H,20,22)/t14-/m1/s1. The van der Waals surface area contributed by atoms with Crippen LogP contribution in [0.1, 0.15) is 6.92 Å². The number of nitrogens with one attached hydrogen (secondary N) is 2. The number of rotatable bonds is 10. The van der Waals surface area contributed by atoms with Crippen LogP contribution in [0.2, 0.25) is 0 Å². The lowest BCUT2D eigenvalue weighted by atomic mass is 10.3. The summed E-state index contributed by atoms with van der Waals surface area (Å²) in [5, 5.41) is 2.72. The number of amides is 1. The van der Waals surface area contributed by atoms with E-state index in [0.717, 1.165) is 0 Å². The van der Waals surface area contributed by atoms with Gasteiger partial charge in [0.05, 0.1) is 24.3 Å². The van der Waals surface area contributed by atoms with E-state index in [1.54, 1.807) is 31.4 Å². The molecule has 0 heterocycles. The first-order valence-electron chi connectivity index (χ1n) is 8.52. The maximum Gasteiger partial charge on any atom is 0.261 e. The Hall–Kier alpha value is -2.78. The van der Waals surface area contributed by atoms with E-state index in [0.29, 0.717) is 23.8 Å². The lowest BCUT2D eigenvalue weighted by Gasteiger charge is -2.13. The smallest absolute Gasteiger partial charge is 0.261 e. The summed E-state index contributed by atoms with van der Waals surface area (Å²) in [5.41, 5.74) is 0.390. The van der Waals surface area contributed by atoms with E-state index in [1.165, 1.54) is 31.4 Å². The van der Waals surface area contributed by atoms with Gasteiger partial charge in [0.25, 0.3) is 15.9 Å². The first kappa shape index (κ1) is 21.5. The van der Waals surface area contributed by atoms with Crippen LogP contribution in [0.4, 0.5) is 5.69 Å². The molecule has 0 aliphatic heterocycles. The number of methoxy groups -OCH3 is 2. The minimum Gasteiger partial charge on any atom is -0.497 e. The Morgan fingerprint density at radius 1 is 1.07 bits per heavy atom. The number of hydrogen-bond donors (Lipinski definition) is 2. The van der Waals surface area contributed by atoms with E-state index in [9.17, 15) is 13.2 Å². The number of anilines is 1. The Balaban J connectivity index is 1.96. The van der Waals surface area contributed by atoms with Gasteiger partial charge < -0.3 is 19.5 Å². The molecule has 2 aromatic carbocycles. The van der Waals surface area contributed by atoms with E-state index < -0.39 is 10.0 Å². The van der Waals surface area contributed by atoms with Crippen molar-refractivity contribution in [1.29, 1.82) is 0 Å². The zero-order valence-corrected chi connectivity index (χ0v) is 16.8. The van der Waals surface area contributed by atoms with Gasteiger partial charge in [-0.25, -0.2) is 8.42 Å². The second-order valence-electron chi connectivity index (χ2n) is 6.02. The van der Waals surface area contributed by atoms with Crippen molar-refractivity contribution in [1.82, 2.24) is 5.32 Å². The second-order valence-corrected chi connectivity index (χ2v) is 7.70. The fourth-order valence-corrected chi connectivity index (χ4v) is 3.42. The molecule has 0 fully saturated rings. The van der Waals surface area contributed by atoms with Crippen molar-refractivity contribution in [3.63, 3.8) is 0 Å². The Morgan fingerprint density at radius 3 is 2.43 bits per heavy atom. The van der Waals surface area contributed by atoms with Crippen molar-refractivity contribution < 1.29 is 27.4 Å². The van der Waals surface area contributed by atoms with Gasteiger partial charge in [-0.3, -0.25) is 9.52 Å². The summed E-state index contributed by atoms with van der Waals surface area (Å²) in [4.78, 5) is 11.8. The number of carbonyl (C=O) groups is 1. The molecule has 0 spiro atoms. The average Bonchev–Trinajstić information content (AvgIpc) is 2.66. The Morgan fingerprint density at radius 2 is 1.79 bits per heavy atom. The minimum absolute atomic E-state index is 0.0702. The third-order valence-electron chi connectivity index (χ3n) is 3.65. The molecule has 0 aromatic heterocycles. The molecule has 0 saturated heterocycles. The monoisotopic (exact) mass is 408 g/mol. The fraction of sp³-hybridized carbons (Fsp3) is 0.316. The van der Waals surface area contributed by atoms with E-state index in [4.69, 9.17) is 14.2 Å². The van der Waals surface area contributed by atoms with Gasteiger partial charge in [-0.2, -0.15) is 0 Å². The topological polar surface area (TPSA) is 103 Å².